The lowest BCUT2D eigenvalue weighted by molar-refractivity contribution is -0.151. The third-order valence-electron chi connectivity index (χ3n) is 5.72. The van der Waals surface area contributed by atoms with E-state index in [-0.39, 0.29) is 18.6 Å². The van der Waals surface area contributed by atoms with Gasteiger partial charge < -0.3 is 20.1 Å². The number of carboxylic acid groups (broad SMARTS) is 1. The number of aliphatic hydroxyl groups is 1. The number of aliphatic carboxylic acids is 1. The number of halogens is 2. The Labute approximate surface area is 201 Å². The first-order valence-electron chi connectivity index (χ1n) is 10.8. The zero-order valence-corrected chi connectivity index (χ0v) is 19.6. The van der Waals surface area contributed by atoms with Gasteiger partial charge in [-0.25, -0.2) is 4.39 Å². The molecule has 3 N–H and O–H groups in total. The fourth-order valence-corrected chi connectivity index (χ4v) is 3.78. The quantitative estimate of drug-likeness (QED) is 0.387. The van der Waals surface area contributed by atoms with Crippen LogP contribution < -0.4 is 5.32 Å². The highest BCUT2D eigenvalue weighted by atomic mass is 35.5. The highest BCUT2D eigenvalue weighted by Gasteiger charge is 2.36. The van der Waals surface area contributed by atoms with E-state index in [9.17, 15) is 24.2 Å². The van der Waals surface area contributed by atoms with Crippen LogP contribution in [0.2, 0.25) is 5.02 Å². The number of hydrogen-bond acceptors (Lipinski definition) is 5. The Kier molecular flexibility index (Phi) is 8.06. The van der Waals surface area contributed by atoms with Gasteiger partial charge in [-0.3, -0.25) is 9.59 Å². The molecule has 34 heavy (non-hydrogen) atoms. The molecule has 0 bridgehead atoms. The Hall–Kier alpha value is -3.23. The van der Waals surface area contributed by atoms with Gasteiger partial charge in [0.2, 0.25) is 5.76 Å². The summed E-state index contributed by atoms with van der Waals surface area (Å²) in [6.45, 7) is 2.70. The van der Waals surface area contributed by atoms with Crippen LogP contribution in [0.3, 0.4) is 0 Å². The maximum atomic E-state index is 14.2. The van der Waals surface area contributed by atoms with Gasteiger partial charge in [-0.2, -0.15) is 0 Å². The van der Waals surface area contributed by atoms with Gasteiger partial charge in [0.15, 0.2) is 0 Å². The summed E-state index contributed by atoms with van der Waals surface area (Å²) in [6, 6.07) is 12.2. The lowest BCUT2D eigenvalue weighted by Gasteiger charge is -2.28. The minimum Gasteiger partial charge on any atom is -0.481 e. The number of rotatable bonds is 10. The summed E-state index contributed by atoms with van der Waals surface area (Å²) in [5, 5.41) is 26.3. The first-order valence-corrected chi connectivity index (χ1v) is 11.2. The van der Waals surface area contributed by atoms with Crippen molar-refractivity contribution in [1.29, 1.82) is 0 Å². The second-order valence-electron chi connectivity index (χ2n) is 8.46. The Balaban J connectivity index is 1.83. The van der Waals surface area contributed by atoms with Crippen molar-refractivity contribution in [1.82, 2.24) is 10.5 Å². The molecular formula is C25H26ClFN2O5. The summed E-state index contributed by atoms with van der Waals surface area (Å²) >= 11 is 5.99. The number of nitrogens with zero attached hydrogens (tertiary/aromatic N) is 1. The summed E-state index contributed by atoms with van der Waals surface area (Å²) in [5.41, 5.74) is 0.936. The molecule has 0 aliphatic carbocycles. The van der Waals surface area contributed by atoms with Crippen molar-refractivity contribution >= 4 is 23.5 Å². The number of benzene rings is 2. The van der Waals surface area contributed by atoms with Crippen LogP contribution in [-0.2, 0) is 17.6 Å². The van der Waals surface area contributed by atoms with Crippen molar-refractivity contribution in [3.8, 4) is 11.1 Å². The highest BCUT2D eigenvalue weighted by Crippen LogP contribution is 2.28. The van der Waals surface area contributed by atoms with Crippen LogP contribution in [0.1, 0.15) is 42.1 Å². The number of carbonyl (C=O) groups excluding carboxylic acids is 1. The van der Waals surface area contributed by atoms with Gasteiger partial charge in [0.25, 0.3) is 5.91 Å². The number of aromatic nitrogens is 1. The van der Waals surface area contributed by atoms with Crippen LogP contribution in [-0.4, -0.2) is 39.9 Å². The van der Waals surface area contributed by atoms with Crippen molar-refractivity contribution in [2.24, 2.45) is 5.41 Å². The van der Waals surface area contributed by atoms with Crippen molar-refractivity contribution < 1.29 is 28.7 Å². The number of carbonyl (C=O) groups is 2. The summed E-state index contributed by atoms with van der Waals surface area (Å²) in [5.74, 6) is -2.08. The summed E-state index contributed by atoms with van der Waals surface area (Å²) in [7, 11) is 0. The molecule has 0 saturated heterocycles. The van der Waals surface area contributed by atoms with Gasteiger partial charge in [0, 0.05) is 22.7 Å². The molecular weight excluding hydrogens is 463 g/mol. The predicted molar refractivity (Wildman–Crippen MR) is 125 cm³/mol. The first-order chi connectivity index (χ1) is 16.1. The second kappa shape index (κ2) is 10.8. The molecule has 1 amide bonds. The van der Waals surface area contributed by atoms with Crippen LogP contribution in [0.15, 0.2) is 53.1 Å². The average Bonchev–Trinajstić information content (AvgIpc) is 3.30. The molecule has 0 fully saturated rings. The van der Waals surface area contributed by atoms with E-state index in [1.807, 2.05) is 6.92 Å². The van der Waals surface area contributed by atoms with E-state index in [2.05, 4.69) is 10.5 Å². The summed E-state index contributed by atoms with van der Waals surface area (Å²) < 4.78 is 19.3. The van der Waals surface area contributed by atoms with E-state index in [0.717, 1.165) is 5.56 Å². The standard InChI is InChI=1S/C25H26ClFN2O5/c1-3-18-12-22(34-29-18)23(31)28-19(13-25(2,14-30)24(32)33)10-15-4-6-16(7-5-15)20-11-17(26)8-9-21(20)27/h4-9,11-12,19,30H,3,10,13-14H2,1-2H3,(H,28,31)(H,32,33)/t19-,25?/m1/s1. The number of carboxylic acids is 1. The molecule has 1 unspecified atom stereocenters. The predicted octanol–water partition coefficient (Wildman–Crippen LogP) is 4.51. The normalized spacial score (nSPS) is 13.8. The molecule has 0 spiro atoms. The monoisotopic (exact) mass is 488 g/mol. The number of hydrogen-bond donors (Lipinski definition) is 3. The van der Waals surface area contributed by atoms with Crippen LogP contribution in [0.25, 0.3) is 11.1 Å². The van der Waals surface area contributed by atoms with E-state index in [1.165, 1.54) is 31.2 Å². The molecule has 7 nitrogen and oxygen atoms in total. The number of amides is 1. The fraction of sp³-hybridized carbons (Fsp3) is 0.320. The average molecular weight is 489 g/mol. The molecule has 3 aromatic rings. The fourth-order valence-electron chi connectivity index (χ4n) is 3.60. The third kappa shape index (κ3) is 6.01. The van der Waals surface area contributed by atoms with Gasteiger partial charge in [0.1, 0.15) is 5.82 Å². The molecule has 0 aliphatic rings. The molecule has 3 rings (SSSR count). The molecule has 9 heteroatoms. The van der Waals surface area contributed by atoms with Crippen LogP contribution in [0.4, 0.5) is 4.39 Å². The molecule has 0 saturated carbocycles. The number of aliphatic hydroxyl groups excluding tert-OH is 1. The smallest absolute Gasteiger partial charge is 0.311 e. The topological polar surface area (TPSA) is 113 Å². The van der Waals surface area contributed by atoms with Crippen molar-refractivity contribution in [3.63, 3.8) is 0 Å². The van der Waals surface area contributed by atoms with Crippen molar-refractivity contribution in [3.05, 3.63) is 76.4 Å². The zero-order valence-electron chi connectivity index (χ0n) is 18.8. The maximum absolute atomic E-state index is 14.2. The molecule has 0 radical (unpaired) electrons. The molecule has 2 atom stereocenters. The highest BCUT2D eigenvalue weighted by molar-refractivity contribution is 6.30. The van der Waals surface area contributed by atoms with E-state index >= 15 is 0 Å². The van der Waals surface area contributed by atoms with Gasteiger partial charge >= 0.3 is 5.97 Å². The van der Waals surface area contributed by atoms with Crippen molar-refractivity contribution in [2.45, 2.75) is 39.2 Å². The largest absolute Gasteiger partial charge is 0.481 e. The molecule has 180 valence electrons. The molecule has 1 aromatic heterocycles. The van der Waals surface area contributed by atoms with Crippen LogP contribution in [0.5, 0.6) is 0 Å². The summed E-state index contributed by atoms with van der Waals surface area (Å²) in [4.78, 5) is 24.5. The first kappa shape index (κ1) is 25.4. The van der Waals surface area contributed by atoms with Crippen LogP contribution in [0, 0.1) is 11.2 Å². The van der Waals surface area contributed by atoms with E-state index in [0.29, 0.717) is 28.3 Å². The lowest BCUT2D eigenvalue weighted by atomic mass is 9.82. The second-order valence-corrected chi connectivity index (χ2v) is 8.90. The van der Waals surface area contributed by atoms with Gasteiger partial charge in [0.05, 0.1) is 17.7 Å². The number of nitrogens with one attached hydrogen (secondary N) is 1. The Morgan fingerprint density at radius 3 is 2.50 bits per heavy atom. The Morgan fingerprint density at radius 1 is 1.21 bits per heavy atom. The lowest BCUT2D eigenvalue weighted by Crippen LogP contribution is -2.44. The van der Waals surface area contributed by atoms with Crippen LogP contribution >= 0.6 is 11.6 Å². The Bertz CT molecular complexity index is 1160. The number of aryl methyl sites for hydroxylation is 1. The minimum absolute atomic E-state index is 0.0228. The van der Waals surface area contributed by atoms with Gasteiger partial charge in [-0.05, 0) is 55.5 Å². The van der Waals surface area contributed by atoms with Gasteiger partial charge in [-0.15, -0.1) is 0 Å². The zero-order chi connectivity index (χ0) is 24.9. The molecule has 2 aromatic carbocycles. The third-order valence-corrected chi connectivity index (χ3v) is 5.95. The molecule has 0 aliphatic heterocycles. The maximum Gasteiger partial charge on any atom is 0.311 e. The SMILES string of the molecule is CCc1cc(C(=O)N[C@H](Cc2ccc(-c3cc(Cl)ccc3F)cc2)CC(C)(CO)C(=O)O)on1. The van der Waals surface area contributed by atoms with Crippen molar-refractivity contribution in [2.75, 3.05) is 6.61 Å². The van der Waals surface area contributed by atoms with E-state index < -0.39 is 35.8 Å². The van der Waals surface area contributed by atoms with E-state index in [4.69, 9.17) is 16.1 Å². The molecule has 1 heterocycles. The summed E-state index contributed by atoms with van der Waals surface area (Å²) in [6.07, 6.45) is 0.854. The Morgan fingerprint density at radius 2 is 1.91 bits per heavy atom. The minimum atomic E-state index is -1.46. The van der Waals surface area contributed by atoms with E-state index in [1.54, 1.807) is 24.3 Å². The van der Waals surface area contributed by atoms with Gasteiger partial charge in [-0.1, -0.05) is 47.9 Å².